The molecule has 6 nitrogen and oxygen atoms in total. The highest BCUT2D eigenvalue weighted by Crippen LogP contribution is 2.23. The average molecular weight is 279 g/mol. The van der Waals surface area contributed by atoms with Crippen molar-refractivity contribution in [1.29, 1.82) is 0 Å². The van der Waals surface area contributed by atoms with E-state index < -0.39 is 0 Å². The average Bonchev–Trinajstić information content (AvgIpc) is 2.89. The number of aromatic nitrogens is 1. The number of hydrogen-bond acceptors (Lipinski definition) is 6. The van der Waals surface area contributed by atoms with Gasteiger partial charge in [0.15, 0.2) is 0 Å². The Morgan fingerprint density at radius 1 is 1.37 bits per heavy atom. The molecule has 2 aromatic rings. The maximum Gasteiger partial charge on any atom is 0.324 e. The summed E-state index contributed by atoms with van der Waals surface area (Å²) in [4.78, 5) is 15.2. The maximum absolute atomic E-state index is 10.5. The van der Waals surface area contributed by atoms with Crippen LogP contribution in [0.1, 0.15) is 10.4 Å². The number of nitrogens with one attached hydrogen (secondary N) is 1. The Balaban J connectivity index is 1.83. The second-order valence-electron chi connectivity index (χ2n) is 3.81. The van der Waals surface area contributed by atoms with Crippen LogP contribution in [-0.4, -0.2) is 17.0 Å². The lowest BCUT2D eigenvalue weighted by atomic mass is 10.3. The van der Waals surface area contributed by atoms with Crippen molar-refractivity contribution in [3.8, 4) is 5.88 Å². The zero-order chi connectivity index (χ0) is 13.7. The Labute approximate surface area is 114 Å². The molecule has 0 aromatic carbocycles. The standard InChI is InChI=1S/C12H13N3O3S/c1-18-11-4-2-9(7-14-11)6-13-8-10-3-5-12(19-10)15(16)17/h2-5,7,13H,6,8H2,1H3. The Hall–Kier alpha value is -1.99. The zero-order valence-electron chi connectivity index (χ0n) is 10.3. The number of rotatable bonds is 6. The first-order valence-corrected chi connectivity index (χ1v) is 6.43. The number of thiophene rings is 1. The van der Waals surface area contributed by atoms with Crippen molar-refractivity contribution in [3.63, 3.8) is 0 Å². The minimum atomic E-state index is -0.373. The van der Waals surface area contributed by atoms with Gasteiger partial charge in [-0.1, -0.05) is 17.4 Å². The number of methoxy groups -OCH3 is 1. The van der Waals surface area contributed by atoms with E-state index in [1.54, 1.807) is 25.4 Å². The van der Waals surface area contributed by atoms with Crippen molar-refractivity contribution < 1.29 is 9.66 Å². The van der Waals surface area contributed by atoms with Crippen LogP contribution in [0.15, 0.2) is 30.5 Å². The van der Waals surface area contributed by atoms with E-state index in [4.69, 9.17) is 4.74 Å². The van der Waals surface area contributed by atoms with Gasteiger partial charge in [0.1, 0.15) is 0 Å². The maximum atomic E-state index is 10.5. The summed E-state index contributed by atoms with van der Waals surface area (Å²) in [6.45, 7) is 1.26. The van der Waals surface area contributed by atoms with Gasteiger partial charge in [0.25, 0.3) is 0 Å². The molecule has 100 valence electrons. The first kappa shape index (κ1) is 13.4. The lowest BCUT2D eigenvalue weighted by Gasteiger charge is -2.03. The summed E-state index contributed by atoms with van der Waals surface area (Å²) >= 11 is 1.18. The van der Waals surface area contributed by atoms with E-state index in [0.29, 0.717) is 19.0 Å². The Kier molecular flexibility index (Phi) is 4.43. The summed E-state index contributed by atoms with van der Waals surface area (Å²) in [6.07, 6.45) is 1.74. The van der Waals surface area contributed by atoms with E-state index in [1.165, 1.54) is 17.4 Å². The van der Waals surface area contributed by atoms with E-state index in [1.807, 2.05) is 6.07 Å². The van der Waals surface area contributed by atoms with E-state index >= 15 is 0 Å². The smallest absolute Gasteiger partial charge is 0.324 e. The molecule has 0 amide bonds. The molecule has 2 rings (SSSR count). The van der Waals surface area contributed by atoms with Gasteiger partial charge in [0.05, 0.1) is 12.0 Å². The molecule has 0 unspecified atom stereocenters. The fraction of sp³-hybridized carbons (Fsp3) is 0.250. The van der Waals surface area contributed by atoms with Gasteiger partial charge in [-0.15, -0.1) is 0 Å². The summed E-state index contributed by atoms with van der Waals surface area (Å²) < 4.78 is 4.97. The number of hydrogen-bond donors (Lipinski definition) is 1. The normalized spacial score (nSPS) is 10.4. The summed E-state index contributed by atoms with van der Waals surface area (Å²) in [5, 5.41) is 13.9. The lowest BCUT2D eigenvalue weighted by molar-refractivity contribution is -0.380. The molecule has 0 saturated heterocycles. The first-order valence-electron chi connectivity index (χ1n) is 5.62. The number of nitro groups is 1. The summed E-state index contributed by atoms with van der Waals surface area (Å²) in [6, 6.07) is 7.02. The van der Waals surface area contributed by atoms with Crippen LogP contribution in [0.3, 0.4) is 0 Å². The summed E-state index contributed by atoms with van der Waals surface area (Å²) in [5.41, 5.74) is 1.03. The third-order valence-electron chi connectivity index (χ3n) is 2.46. The predicted molar refractivity (Wildman–Crippen MR) is 72.3 cm³/mol. The lowest BCUT2D eigenvalue weighted by Crippen LogP contribution is -2.11. The highest BCUT2D eigenvalue weighted by molar-refractivity contribution is 7.15. The largest absolute Gasteiger partial charge is 0.481 e. The van der Waals surface area contributed by atoms with Gasteiger partial charge in [-0.2, -0.15) is 0 Å². The fourth-order valence-electron chi connectivity index (χ4n) is 1.53. The molecule has 1 N–H and O–H groups in total. The van der Waals surface area contributed by atoms with Crippen LogP contribution < -0.4 is 10.1 Å². The first-order chi connectivity index (χ1) is 9.19. The molecule has 2 heterocycles. The fourth-order valence-corrected chi connectivity index (χ4v) is 2.32. The Bertz CT molecular complexity index is 554. The molecule has 0 aliphatic carbocycles. The van der Waals surface area contributed by atoms with E-state index in [0.717, 1.165) is 10.4 Å². The second kappa shape index (κ2) is 6.26. The van der Waals surface area contributed by atoms with Gasteiger partial charge in [-0.3, -0.25) is 10.1 Å². The van der Waals surface area contributed by atoms with Gasteiger partial charge in [0.2, 0.25) is 5.88 Å². The highest BCUT2D eigenvalue weighted by atomic mass is 32.1. The molecular formula is C12H13N3O3S. The van der Waals surface area contributed by atoms with Gasteiger partial charge in [0, 0.05) is 36.3 Å². The van der Waals surface area contributed by atoms with Gasteiger partial charge >= 0.3 is 5.00 Å². The quantitative estimate of drug-likeness (QED) is 0.648. The molecule has 0 aliphatic heterocycles. The Morgan fingerprint density at radius 2 is 2.21 bits per heavy atom. The monoisotopic (exact) mass is 279 g/mol. The van der Waals surface area contributed by atoms with Gasteiger partial charge < -0.3 is 10.1 Å². The summed E-state index contributed by atoms with van der Waals surface area (Å²) in [7, 11) is 1.57. The van der Waals surface area contributed by atoms with Crippen LogP contribution in [0.25, 0.3) is 0 Å². The minimum absolute atomic E-state index is 0.169. The zero-order valence-corrected chi connectivity index (χ0v) is 11.1. The van der Waals surface area contributed by atoms with Crippen LogP contribution in [0, 0.1) is 10.1 Å². The van der Waals surface area contributed by atoms with Crippen LogP contribution >= 0.6 is 11.3 Å². The number of ether oxygens (including phenoxy) is 1. The van der Waals surface area contributed by atoms with Crippen molar-refractivity contribution in [2.24, 2.45) is 0 Å². The Morgan fingerprint density at radius 3 is 2.79 bits per heavy atom. The molecule has 0 atom stereocenters. The number of nitrogens with zero attached hydrogens (tertiary/aromatic N) is 2. The van der Waals surface area contributed by atoms with E-state index in [2.05, 4.69) is 10.3 Å². The van der Waals surface area contributed by atoms with Crippen LogP contribution in [-0.2, 0) is 13.1 Å². The predicted octanol–water partition coefficient (Wildman–Crippen LogP) is 2.35. The van der Waals surface area contributed by atoms with Gasteiger partial charge in [-0.05, 0) is 11.6 Å². The minimum Gasteiger partial charge on any atom is -0.481 e. The van der Waals surface area contributed by atoms with Crippen molar-refractivity contribution in [2.45, 2.75) is 13.1 Å². The SMILES string of the molecule is COc1ccc(CNCc2ccc([N+](=O)[O-])s2)cn1. The van der Waals surface area contributed by atoms with Crippen molar-refractivity contribution in [2.75, 3.05) is 7.11 Å². The molecule has 2 aromatic heterocycles. The third-order valence-corrected chi connectivity index (χ3v) is 3.50. The molecule has 0 fully saturated rings. The summed E-state index contributed by atoms with van der Waals surface area (Å²) in [5.74, 6) is 0.581. The molecule has 0 bridgehead atoms. The van der Waals surface area contributed by atoms with Crippen LogP contribution in [0.5, 0.6) is 5.88 Å². The molecule has 19 heavy (non-hydrogen) atoms. The van der Waals surface area contributed by atoms with Crippen LogP contribution in [0.4, 0.5) is 5.00 Å². The molecule has 0 spiro atoms. The molecule has 7 heteroatoms. The number of pyridine rings is 1. The topological polar surface area (TPSA) is 77.3 Å². The molecular weight excluding hydrogens is 266 g/mol. The van der Waals surface area contributed by atoms with E-state index in [-0.39, 0.29) is 9.92 Å². The van der Waals surface area contributed by atoms with Crippen molar-refractivity contribution in [1.82, 2.24) is 10.3 Å². The molecule has 0 radical (unpaired) electrons. The third kappa shape index (κ3) is 3.73. The van der Waals surface area contributed by atoms with E-state index in [9.17, 15) is 10.1 Å². The van der Waals surface area contributed by atoms with Crippen molar-refractivity contribution in [3.05, 3.63) is 51.0 Å². The van der Waals surface area contributed by atoms with Gasteiger partial charge in [-0.25, -0.2) is 4.98 Å². The molecule has 0 saturated carbocycles. The molecule has 0 aliphatic rings. The second-order valence-corrected chi connectivity index (χ2v) is 4.96. The highest BCUT2D eigenvalue weighted by Gasteiger charge is 2.08. The van der Waals surface area contributed by atoms with Crippen molar-refractivity contribution >= 4 is 16.3 Å². The van der Waals surface area contributed by atoms with Crippen LogP contribution in [0.2, 0.25) is 0 Å².